The standard InChI is InChI=1S/C15H18N4O5S2/c1-11-10-12(16)2-7-15(11)18-17-13-3-5-14(6-4-13)19-25(20,21)8-9-26(22,23)24/h2-7,10,19H,8-9,16H2,1H3,(H,22,23,24)/b18-17+. The summed E-state index contributed by atoms with van der Waals surface area (Å²) in [4.78, 5) is 0. The van der Waals surface area contributed by atoms with Crippen molar-refractivity contribution in [2.45, 2.75) is 6.92 Å². The largest absolute Gasteiger partial charge is 0.399 e. The number of aryl methyl sites for hydroxylation is 1. The molecular formula is C15H18N4O5S2. The molecule has 0 amide bonds. The van der Waals surface area contributed by atoms with Gasteiger partial charge in [0.25, 0.3) is 10.1 Å². The Balaban J connectivity index is 2.05. The topological polar surface area (TPSA) is 151 Å². The number of rotatable bonds is 7. The summed E-state index contributed by atoms with van der Waals surface area (Å²) in [6, 6.07) is 11.3. The lowest BCUT2D eigenvalue weighted by molar-refractivity contribution is 0.484. The van der Waals surface area contributed by atoms with Gasteiger partial charge in [0.1, 0.15) is 0 Å². The normalized spacial score (nSPS) is 12.4. The number of nitrogen functional groups attached to an aromatic ring is 1. The third-order valence-corrected chi connectivity index (χ3v) is 5.51. The van der Waals surface area contributed by atoms with Crippen molar-refractivity contribution in [3.05, 3.63) is 48.0 Å². The molecule has 0 atom stereocenters. The Kier molecular flexibility index (Phi) is 5.95. The van der Waals surface area contributed by atoms with E-state index in [0.717, 1.165) is 5.56 Å². The van der Waals surface area contributed by atoms with Gasteiger partial charge in [0, 0.05) is 11.4 Å². The summed E-state index contributed by atoms with van der Waals surface area (Å²) in [5.74, 6) is -1.63. The van der Waals surface area contributed by atoms with E-state index in [9.17, 15) is 16.8 Å². The molecule has 2 rings (SSSR count). The van der Waals surface area contributed by atoms with Gasteiger partial charge in [-0.25, -0.2) is 8.42 Å². The van der Waals surface area contributed by atoms with Crippen LogP contribution in [0.1, 0.15) is 5.56 Å². The molecule has 0 spiro atoms. The number of azo groups is 1. The Labute approximate surface area is 151 Å². The highest BCUT2D eigenvalue weighted by Gasteiger charge is 2.15. The zero-order valence-corrected chi connectivity index (χ0v) is 15.5. The molecule has 2 aromatic rings. The van der Waals surface area contributed by atoms with Crippen LogP contribution in [0.25, 0.3) is 0 Å². The van der Waals surface area contributed by atoms with Gasteiger partial charge in [-0.15, -0.1) is 0 Å². The molecule has 0 saturated carbocycles. The highest BCUT2D eigenvalue weighted by Crippen LogP contribution is 2.24. The van der Waals surface area contributed by atoms with Gasteiger partial charge in [-0.3, -0.25) is 9.27 Å². The van der Waals surface area contributed by atoms with E-state index >= 15 is 0 Å². The van der Waals surface area contributed by atoms with Gasteiger partial charge in [0.05, 0.1) is 22.9 Å². The second kappa shape index (κ2) is 7.81. The number of hydrogen-bond acceptors (Lipinski definition) is 7. The van der Waals surface area contributed by atoms with Crippen molar-refractivity contribution in [1.29, 1.82) is 0 Å². The molecule has 0 saturated heterocycles. The van der Waals surface area contributed by atoms with Gasteiger partial charge < -0.3 is 5.73 Å². The smallest absolute Gasteiger partial charge is 0.265 e. The first-order valence-corrected chi connectivity index (χ1v) is 10.6. The molecule has 0 aliphatic rings. The second-order valence-electron chi connectivity index (χ2n) is 5.50. The van der Waals surface area contributed by atoms with E-state index in [2.05, 4.69) is 15.0 Å². The van der Waals surface area contributed by atoms with Crippen LogP contribution in [-0.2, 0) is 20.1 Å². The minimum atomic E-state index is -4.35. The second-order valence-corrected chi connectivity index (χ2v) is 8.91. The molecule has 0 heterocycles. The Morgan fingerprint density at radius 1 is 1.00 bits per heavy atom. The van der Waals surface area contributed by atoms with Crippen LogP contribution in [-0.4, -0.2) is 32.9 Å². The zero-order valence-electron chi connectivity index (χ0n) is 13.8. The van der Waals surface area contributed by atoms with Crippen molar-refractivity contribution in [3.63, 3.8) is 0 Å². The molecule has 0 aliphatic carbocycles. The van der Waals surface area contributed by atoms with Crippen molar-refractivity contribution in [1.82, 2.24) is 0 Å². The Morgan fingerprint density at radius 3 is 2.23 bits per heavy atom. The predicted octanol–water partition coefficient (Wildman–Crippen LogP) is 2.62. The maximum atomic E-state index is 11.8. The zero-order chi connectivity index (χ0) is 19.4. The quantitative estimate of drug-likeness (QED) is 0.370. The Hall–Kier alpha value is -2.50. The third kappa shape index (κ3) is 6.43. The first-order valence-electron chi connectivity index (χ1n) is 7.38. The molecule has 4 N–H and O–H groups in total. The van der Waals surface area contributed by atoms with E-state index in [1.54, 1.807) is 30.3 Å². The lowest BCUT2D eigenvalue weighted by Gasteiger charge is -2.07. The van der Waals surface area contributed by atoms with Crippen molar-refractivity contribution in [3.8, 4) is 0 Å². The van der Waals surface area contributed by atoms with Gasteiger partial charge in [-0.2, -0.15) is 18.6 Å². The molecule has 0 fully saturated rings. The number of nitrogens with zero attached hydrogens (tertiary/aromatic N) is 2. The molecule has 9 nitrogen and oxygen atoms in total. The van der Waals surface area contributed by atoms with Gasteiger partial charge in [-0.05, 0) is 55.0 Å². The Bertz CT molecular complexity index is 1020. The maximum Gasteiger partial charge on any atom is 0.265 e. The number of nitrogens with two attached hydrogens (primary N) is 1. The maximum absolute atomic E-state index is 11.8. The van der Waals surface area contributed by atoms with Crippen LogP contribution >= 0.6 is 0 Å². The van der Waals surface area contributed by atoms with Crippen LogP contribution in [0.2, 0.25) is 0 Å². The molecule has 0 aromatic heterocycles. The van der Waals surface area contributed by atoms with Gasteiger partial charge >= 0.3 is 0 Å². The van der Waals surface area contributed by atoms with Crippen LogP contribution in [0.3, 0.4) is 0 Å². The molecule has 2 aromatic carbocycles. The van der Waals surface area contributed by atoms with Crippen LogP contribution < -0.4 is 10.5 Å². The fraction of sp³-hybridized carbons (Fsp3) is 0.200. The summed E-state index contributed by atoms with van der Waals surface area (Å²) in [7, 11) is -8.25. The number of nitrogens with one attached hydrogen (secondary N) is 1. The Morgan fingerprint density at radius 2 is 1.65 bits per heavy atom. The SMILES string of the molecule is Cc1cc(N)ccc1/N=N/c1ccc(NS(=O)(=O)CCS(=O)(=O)O)cc1. The first kappa shape index (κ1) is 19.8. The highest BCUT2D eigenvalue weighted by atomic mass is 32.2. The fourth-order valence-corrected chi connectivity index (χ4v) is 4.26. The van der Waals surface area contributed by atoms with Crippen molar-refractivity contribution in [2.75, 3.05) is 22.0 Å². The van der Waals surface area contributed by atoms with Crippen LogP contribution in [0.15, 0.2) is 52.7 Å². The minimum Gasteiger partial charge on any atom is -0.399 e. The number of hydrogen-bond donors (Lipinski definition) is 3. The van der Waals surface area contributed by atoms with Crippen molar-refractivity contribution in [2.24, 2.45) is 10.2 Å². The van der Waals surface area contributed by atoms with Gasteiger partial charge in [0.2, 0.25) is 10.0 Å². The number of benzene rings is 2. The first-order chi connectivity index (χ1) is 12.0. The lowest BCUT2D eigenvalue weighted by Crippen LogP contribution is -2.22. The van der Waals surface area contributed by atoms with Gasteiger partial charge in [0.15, 0.2) is 0 Å². The molecule has 11 heteroatoms. The summed E-state index contributed by atoms with van der Waals surface area (Å²) >= 11 is 0. The van der Waals surface area contributed by atoms with Crippen molar-refractivity contribution < 1.29 is 21.4 Å². The average molecular weight is 398 g/mol. The summed E-state index contributed by atoms with van der Waals surface area (Å²) in [6.07, 6.45) is 0. The van der Waals surface area contributed by atoms with E-state index < -0.39 is 31.6 Å². The van der Waals surface area contributed by atoms with E-state index in [1.165, 1.54) is 12.1 Å². The highest BCUT2D eigenvalue weighted by molar-refractivity contribution is 7.94. The van der Waals surface area contributed by atoms with E-state index in [0.29, 0.717) is 17.1 Å². The lowest BCUT2D eigenvalue weighted by atomic mass is 10.2. The van der Waals surface area contributed by atoms with Crippen LogP contribution in [0.4, 0.5) is 22.7 Å². The molecular weight excluding hydrogens is 380 g/mol. The monoisotopic (exact) mass is 398 g/mol. The number of anilines is 2. The molecule has 26 heavy (non-hydrogen) atoms. The summed E-state index contributed by atoms with van der Waals surface area (Å²) in [5, 5.41) is 8.18. The molecule has 0 unspecified atom stereocenters. The molecule has 0 bridgehead atoms. The van der Waals surface area contributed by atoms with Crippen molar-refractivity contribution >= 4 is 42.9 Å². The minimum absolute atomic E-state index is 0.239. The average Bonchev–Trinajstić information content (AvgIpc) is 2.53. The van der Waals surface area contributed by atoms with E-state index in [-0.39, 0.29) is 5.69 Å². The predicted molar refractivity (Wildman–Crippen MR) is 100 cm³/mol. The third-order valence-electron chi connectivity index (χ3n) is 3.24. The summed E-state index contributed by atoms with van der Waals surface area (Å²) in [5.41, 5.74) is 8.58. The molecule has 0 radical (unpaired) electrons. The van der Waals surface area contributed by atoms with E-state index in [1.807, 2.05) is 6.92 Å². The number of sulfonamides is 1. The van der Waals surface area contributed by atoms with Crippen LogP contribution in [0, 0.1) is 6.92 Å². The van der Waals surface area contributed by atoms with Gasteiger partial charge in [-0.1, -0.05) is 0 Å². The molecule has 0 aliphatic heterocycles. The fourth-order valence-electron chi connectivity index (χ4n) is 1.94. The molecule has 140 valence electrons. The van der Waals surface area contributed by atoms with E-state index in [4.69, 9.17) is 10.3 Å². The summed E-state index contributed by atoms with van der Waals surface area (Å²) < 4.78 is 55.7. The van der Waals surface area contributed by atoms with Crippen LogP contribution in [0.5, 0.6) is 0 Å². The summed E-state index contributed by atoms with van der Waals surface area (Å²) in [6.45, 7) is 1.86.